The van der Waals surface area contributed by atoms with Gasteiger partial charge in [0.2, 0.25) is 0 Å². The molecule has 0 atom stereocenters. The van der Waals surface area contributed by atoms with Crippen LogP contribution in [0.3, 0.4) is 0 Å². The monoisotopic (exact) mass is 257 g/mol. The molecule has 0 unspecified atom stereocenters. The summed E-state index contributed by atoms with van der Waals surface area (Å²) in [5, 5.41) is 12.3. The Labute approximate surface area is 108 Å². The Morgan fingerprint density at radius 2 is 2.06 bits per heavy atom. The first-order chi connectivity index (χ1) is 8.92. The van der Waals surface area contributed by atoms with Crippen molar-refractivity contribution in [3.8, 4) is 5.69 Å². The van der Waals surface area contributed by atoms with Gasteiger partial charge in [-0.1, -0.05) is 22.7 Å². The van der Waals surface area contributed by atoms with E-state index >= 15 is 0 Å². The summed E-state index contributed by atoms with van der Waals surface area (Å²) in [5.41, 5.74) is 2.18. The number of para-hydroxylation sites is 1. The Hall–Kier alpha value is -2.21. The maximum absolute atomic E-state index is 4.34. The third-order valence-corrected chi connectivity index (χ3v) is 3.11. The second-order valence-electron chi connectivity index (χ2n) is 3.76. The molecule has 0 aliphatic heterocycles. The lowest BCUT2D eigenvalue weighted by atomic mass is 10.3. The Balaban J connectivity index is 1.70. The number of aromatic nitrogens is 4. The molecule has 0 fully saturated rings. The van der Waals surface area contributed by atoms with Crippen molar-refractivity contribution < 1.29 is 0 Å². The van der Waals surface area contributed by atoms with E-state index in [1.807, 2.05) is 47.4 Å². The number of nitrogens with zero attached hydrogens (tertiary/aromatic N) is 4. The molecule has 2 heterocycles. The molecule has 1 aromatic carbocycles. The second kappa shape index (κ2) is 4.97. The van der Waals surface area contributed by atoms with Crippen LogP contribution < -0.4 is 5.32 Å². The molecule has 0 radical (unpaired) electrons. The van der Waals surface area contributed by atoms with Crippen LogP contribution in [-0.2, 0) is 6.54 Å². The molecule has 0 saturated heterocycles. The highest BCUT2D eigenvalue weighted by molar-refractivity contribution is 7.09. The first-order valence-electron chi connectivity index (χ1n) is 5.52. The van der Waals surface area contributed by atoms with Gasteiger partial charge in [0.25, 0.3) is 0 Å². The fourth-order valence-electron chi connectivity index (χ4n) is 1.61. The van der Waals surface area contributed by atoms with Crippen molar-refractivity contribution in [2.75, 3.05) is 5.32 Å². The molecule has 90 valence electrons. The van der Waals surface area contributed by atoms with Gasteiger partial charge in [-0.05, 0) is 12.1 Å². The molecular formula is C12H11N5S. The van der Waals surface area contributed by atoms with E-state index in [1.54, 1.807) is 6.20 Å². The molecule has 0 saturated carbocycles. The quantitative estimate of drug-likeness (QED) is 0.779. The normalized spacial score (nSPS) is 10.4. The molecule has 2 aromatic heterocycles. The number of anilines is 1. The molecule has 0 spiro atoms. The van der Waals surface area contributed by atoms with Crippen LogP contribution in [0.1, 0.15) is 5.56 Å². The first kappa shape index (κ1) is 10.9. The molecule has 0 aliphatic carbocycles. The van der Waals surface area contributed by atoms with E-state index < -0.39 is 0 Å². The van der Waals surface area contributed by atoms with Crippen molar-refractivity contribution in [2.24, 2.45) is 0 Å². The molecular weight excluding hydrogens is 246 g/mol. The lowest BCUT2D eigenvalue weighted by molar-refractivity contribution is 0.880. The minimum atomic E-state index is 0.719. The fourth-order valence-corrected chi connectivity index (χ4v) is 2.02. The number of hydrogen-bond donors (Lipinski definition) is 1. The lowest BCUT2D eigenvalue weighted by Gasteiger charge is -2.00. The van der Waals surface area contributed by atoms with E-state index in [4.69, 9.17) is 0 Å². The van der Waals surface area contributed by atoms with E-state index in [0.717, 1.165) is 22.8 Å². The third-order valence-electron chi connectivity index (χ3n) is 2.48. The van der Waals surface area contributed by atoms with Crippen molar-refractivity contribution in [1.82, 2.24) is 19.4 Å². The van der Waals surface area contributed by atoms with Crippen LogP contribution in [0.2, 0.25) is 0 Å². The van der Waals surface area contributed by atoms with Crippen molar-refractivity contribution in [1.29, 1.82) is 0 Å². The minimum absolute atomic E-state index is 0.719. The zero-order valence-electron chi connectivity index (χ0n) is 9.52. The predicted molar refractivity (Wildman–Crippen MR) is 70.8 cm³/mol. The summed E-state index contributed by atoms with van der Waals surface area (Å²) in [6.45, 7) is 0.719. The van der Waals surface area contributed by atoms with E-state index in [-0.39, 0.29) is 0 Å². The molecule has 3 aromatic rings. The van der Waals surface area contributed by atoms with Gasteiger partial charge < -0.3 is 5.32 Å². The van der Waals surface area contributed by atoms with Gasteiger partial charge in [0.15, 0.2) is 0 Å². The van der Waals surface area contributed by atoms with E-state index in [1.165, 1.54) is 11.5 Å². The van der Waals surface area contributed by atoms with E-state index in [2.05, 4.69) is 20.0 Å². The first-order valence-corrected chi connectivity index (χ1v) is 6.29. The molecule has 6 heteroatoms. The topological polar surface area (TPSA) is 55.6 Å². The average molecular weight is 257 g/mol. The average Bonchev–Trinajstić information content (AvgIpc) is 3.09. The largest absolute Gasteiger partial charge is 0.370 e. The van der Waals surface area contributed by atoms with Crippen molar-refractivity contribution in [3.63, 3.8) is 0 Å². The minimum Gasteiger partial charge on any atom is -0.370 e. The molecule has 3 rings (SSSR count). The highest BCUT2D eigenvalue weighted by Crippen LogP contribution is 2.12. The Morgan fingerprint density at radius 1 is 1.17 bits per heavy atom. The van der Waals surface area contributed by atoms with Crippen LogP contribution in [0.15, 0.2) is 48.9 Å². The van der Waals surface area contributed by atoms with Gasteiger partial charge in [-0.2, -0.15) is 5.10 Å². The standard InChI is InChI=1S/C12H11N5S/c1-2-4-11(5-3-1)17-9-10(7-15-17)6-13-12-8-14-16-18-12/h1-5,7-9,13H,6H2. The molecule has 5 nitrogen and oxygen atoms in total. The second-order valence-corrected chi connectivity index (χ2v) is 4.55. The summed E-state index contributed by atoms with van der Waals surface area (Å²) in [5.74, 6) is 0. The lowest BCUT2D eigenvalue weighted by Crippen LogP contribution is -1.96. The third kappa shape index (κ3) is 2.38. The summed E-state index contributed by atoms with van der Waals surface area (Å²) in [6, 6.07) is 10.0. The number of hydrogen-bond acceptors (Lipinski definition) is 5. The van der Waals surface area contributed by atoms with Crippen LogP contribution in [0.4, 0.5) is 5.00 Å². The summed E-state index contributed by atoms with van der Waals surface area (Å²) in [7, 11) is 0. The van der Waals surface area contributed by atoms with Gasteiger partial charge in [0.1, 0.15) is 5.00 Å². The van der Waals surface area contributed by atoms with Crippen LogP contribution in [-0.4, -0.2) is 19.4 Å². The van der Waals surface area contributed by atoms with Gasteiger partial charge in [-0.25, -0.2) is 4.68 Å². The summed E-state index contributed by atoms with van der Waals surface area (Å²) in [4.78, 5) is 0. The number of benzene rings is 1. The van der Waals surface area contributed by atoms with Crippen molar-refractivity contribution in [2.45, 2.75) is 6.54 Å². The van der Waals surface area contributed by atoms with Crippen LogP contribution in [0.25, 0.3) is 5.69 Å². The number of nitrogens with one attached hydrogen (secondary N) is 1. The fraction of sp³-hybridized carbons (Fsp3) is 0.0833. The zero-order valence-corrected chi connectivity index (χ0v) is 10.3. The Morgan fingerprint density at radius 3 is 2.83 bits per heavy atom. The maximum atomic E-state index is 4.34. The van der Waals surface area contributed by atoms with Crippen LogP contribution >= 0.6 is 11.5 Å². The van der Waals surface area contributed by atoms with Crippen molar-refractivity contribution >= 4 is 16.5 Å². The summed E-state index contributed by atoms with van der Waals surface area (Å²) >= 11 is 1.35. The van der Waals surface area contributed by atoms with Gasteiger partial charge in [0.05, 0.1) is 18.1 Å². The van der Waals surface area contributed by atoms with E-state index in [9.17, 15) is 0 Å². The molecule has 0 bridgehead atoms. The highest BCUT2D eigenvalue weighted by atomic mass is 32.1. The zero-order chi connectivity index (χ0) is 12.2. The summed E-state index contributed by atoms with van der Waals surface area (Å²) in [6.07, 6.45) is 5.58. The molecule has 1 N–H and O–H groups in total. The van der Waals surface area contributed by atoms with Gasteiger partial charge >= 0.3 is 0 Å². The summed E-state index contributed by atoms with van der Waals surface area (Å²) < 4.78 is 5.66. The molecule has 0 aliphatic rings. The van der Waals surface area contributed by atoms with Crippen LogP contribution in [0, 0.1) is 0 Å². The highest BCUT2D eigenvalue weighted by Gasteiger charge is 2.01. The smallest absolute Gasteiger partial charge is 0.130 e. The van der Waals surface area contributed by atoms with Gasteiger partial charge in [-0.3, -0.25) is 0 Å². The van der Waals surface area contributed by atoms with E-state index in [0.29, 0.717) is 0 Å². The molecule has 18 heavy (non-hydrogen) atoms. The Bertz CT molecular complexity index is 602. The van der Waals surface area contributed by atoms with Gasteiger partial charge in [-0.15, -0.1) is 5.10 Å². The van der Waals surface area contributed by atoms with Crippen LogP contribution in [0.5, 0.6) is 0 Å². The maximum Gasteiger partial charge on any atom is 0.130 e. The number of rotatable bonds is 4. The molecule has 0 amide bonds. The Kier molecular flexibility index (Phi) is 3.01. The SMILES string of the molecule is c1ccc(-n2cc(CNc3cnns3)cn2)cc1. The van der Waals surface area contributed by atoms with Crippen molar-refractivity contribution in [3.05, 3.63) is 54.5 Å². The predicted octanol–water partition coefficient (Wildman–Crippen LogP) is 2.34. The van der Waals surface area contributed by atoms with Gasteiger partial charge in [0, 0.05) is 29.8 Å².